The maximum absolute atomic E-state index is 12.2. The molecule has 2 N–H and O–H groups in total. The van der Waals surface area contributed by atoms with Crippen molar-refractivity contribution in [2.75, 3.05) is 13.2 Å². The summed E-state index contributed by atoms with van der Waals surface area (Å²) in [6.45, 7) is 4.67. The lowest BCUT2D eigenvalue weighted by molar-refractivity contribution is -0.121. The second-order valence-electron chi connectivity index (χ2n) is 6.20. The standard InChI is InChI=1S/C19H27N3O2/c1-14-18(15(2)22(3)21-14)9-10-19(24)20-13-17(11-12-23)16-7-5-4-6-8-16/h4-8,17,23H,9-13H2,1-3H3,(H,20,24). The van der Waals surface area contributed by atoms with E-state index in [1.54, 1.807) is 0 Å². The van der Waals surface area contributed by atoms with Gasteiger partial charge in [0, 0.05) is 38.2 Å². The van der Waals surface area contributed by atoms with Crippen LogP contribution >= 0.6 is 0 Å². The van der Waals surface area contributed by atoms with Crippen LogP contribution in [0.25, 0.3) is 0 Å². The Morgan fingerprint density at radius 1 is 1.29 bits per heavy atom. The molecule has 5 nitrogen and oxygen atoms in total. The summed E-state index contributed by atoms with van der Waals surface area (Å²) < 4.78 is 1.86. The molecule has 2 rings (SSSR count). The summed E-state index contributed by atoms with van der Waals surface area (Å²) in [6, 6.07) is 10.0. The summed E-state index contributed by atoms with van der Waals surface area (Å²) in [7, 11) is 1.92. The normalized spacial score (nSPS) is 12.2. The van der Waals surface area contributed by atoms with E-state index in [1.165, 1.54) is 0 Å². The van der Waals surface area contributed by atoms with E-state index in [4.69, 9.17) is 0 Å². The molecule has 0 aliphatic carbocycles. The van der Waals surface area contributed by atoms with Gasteiger partial charge in [-0.25, -0.2) is 0 Å². The van der Waals surface area contributed by atoms with E-state index in [0.29, 0.717) is 25.8 Å². The van der Waals surface area contributed by atoms with Crippen LogP contribution in [0, 0.1) is 13.8 Å². The van der Waals surface area contributed by atoms with Crippen LogP contribution in [-0.4, -0.2) is 33.9 Å². The van der Waals surface area contributed by atoms with Crippen LogP contribution in [-0.2, 0) is 18.3 Å². The minimum Gasteiger partial charge on any atom is -0.396 e. The molecule has 0 fully saturated rings. The van der Waals surface area contributed by atoms with Crippen molar-refractivity contribution in [1.82, 2.24) is 15.1 Å². The highest BCUT2D eigenvalue weighted by Gasteiger charge is 2.14. The molecular weight excluding hydrogens is 302 g/mol. The van der Waals surface area contributed by atoms with Gasteiger partial charge in [0.2, 0.25) is 5.91 Å². The average Bonchev–Trinajstić information content (AvgIpc) is 2.82. The van der Waals surface area contributed by atoms with Crippen LogP contribution in [0.5, 0.6) is 0 Å². The Morgan fingerprint density at radius 2 is 2.00 bits per heavy atom. The van der Waals surface area contributed by atoms with Crippen LogP contribution in [0.2, 0.25) is 0 Å². The molecule has 24 heavy (non-hydrogen) atoms. The zero-order valence-electron chi connectivity index (χ0n) is 14.7. The number of rotatable bonds is 8. The Bertz CT molecular complexity index is 665. The summed E-state index contributed by atoms with van der Waals surface area (Å²) in [5, 5.41) is 16.6. The molecule has 0 saturated heterocycles. The fourth-order valence-electron chi connectivity index (χ4n) is 3.01. The summed E-state index contributed by atoms with van der Waals surface area (Å²) in [4.78, 5) is 12.2. The lowest BCUT2D eigenvalue weighted by atomic mass is 9.96. The van der Waals surface area contributed by atoms with Crippen molar-refractivity contribution in [2.24, 2.45) is 7.05 Å². The van der Waals surface area contributed by atoms with E-state index < -0.39 is 0 Å². The second-order valence-corrected chi connectivity index (χ2v) is 6.20. The number of carbonyl (C=O) groups is 1. The number of benzene rings is 1. The predicted molar refractivity (Wildman–Crippen MR) is 94.9 cm³/mol. The molecule has 0 aliphatic heterocycles. The van der Waals surface area contributed by atoms with Gasteiger partial charge in [-0.1, -0.05) is 30.3 Å². The van der Waals surface area contributed by atoms with Gasteiger partial charge < -0.3 is 10.4 Å². The molecule has 1 aromatic heterocycles. The number of carbonyl (C=O) groups excluding carboxylic acids is 1. The number of hydrogen-bond donors (Lipinski definition) is 2. The lowest BCUT2D eigenvalue weighted by Crippen LogP contribution is -2.29. The fraction of sp³-hybridized carbons (Fsp3) is 0.474. The molecular formula is C19H27N3O2. The van der Waals surface area contributed by atoms with E-state index in [0.717, 1.165) is 22.5 Å². The molecule has 0 radical (unpaired) electrons. The number of aryl methyl sites for hydroxylation is 2. The molecule has 1 atom stereocenters. The number of hydrogen-bond acceptors (Lipinski definition) is 3. The van der Waals surface area contributed by atoms with Crippen LogP contribution in [0.1, 0.15) is 41.3 Å². The molecule has 0 bridgehead atoms. The SMILES string of the molecule is Cc1nn(C)c(C)c1CCC(=O)NCC(CCO)c1ccccc1. The van der Waals surface area contributed by atoms with Gasteiger partial charge in [0.05, 0.1) is 5.69 Å². The average molecular weight is 329 g/mol. The Morgan fingerprint density at radius 3 is 2.58 bits per heavy atom. The van der Waals surface area contributed by atoms with Gasteiger partial charge in [0.1, 0.15) is 0 Å². The molecule has 0 saturated carbocycles. The Kier molecular flexibility index (Phi) is 6.55. The summed E-state index contributed by atoms with van der Waals surface area (Å²) in [5.41, 5.74) is 4.40. The third kappa shape index (κ3) is 4.68. The van der Waals surface area contributed by atoms with E-state index in [9.17, 15) is 9.90 Å². The van der Waals surface area contributed by atoms with E-state index in [-0.39, 0.29) is 18.4 Å². The third-order valence-corrected chi connectivity index (χ3v) is 4.56. The minimum absolute atomic E-state index is 0.0384. The molecule has 5 heteroatoms. The van der Waals surface area contributed by atoms with Gasteiger partial charge in [0.15, 0.2) is 0 Å². The lowest BCUT2D eigenvalue weighted by Gasteiger charge is -2.17. The van der Waals surface area contributed by atoms with E-state index in [1.807, 2.05) is 55.9 Å². The zero-order chi connectivity index (χ0) is 17.5. The van der Waals surface area contributed by atoms with Crippen molar-refractivity contribution < 1.29 is 9.90 Å². The van der Waals surface area contributed by atoms with Crippen LogP contribution in [0.3, 0.4) is 0 Å². The largest absolute Gasteiger partial charge is 0.396 e. The Labute approximate surface area is 143 Å². The van der Waals surface area contributed by atoms with Gasteiger partial charge in [-0.15, -0.1) is 0 Å². The maximum atomic E-state index is 12.2. The van der Waals surface area contributed by atoms with Crippen LogP contribution in [0.4, 0.5) is 0 Å². The second kappa shape index (κ2) is 8.64. The number of aliphatic hydroxyl groups is 1. The molecule has 1 aromatic carbocycles. The van der Waals surface area contributed by atoms with E-state index in [2.05, 4.69) is 10.4 Å². The number of amides is 1. The predicted octanol–water partition coefficient (Wildman–Crippen LogP) is 2.25. The third-order valence-electron chi connectivity index (χ3n) is 4.56. The quantitative estimate of drug-likeness (QED) is 0.780. The van der Waals surface area contributed by atoms with Gasteiger partial charge in [-0.05, 0) is 37.8 Å². The van der Waals surface area contributed by atoms with Crippen molar-refractivity contribution in [1.29, 1.82) is 0 Å². The van der Waals surface area contributed by atoms with Gasteiger partial charge in [-0.2, -0.15) is 5.10 Å². The highest BCUT2D eigenvalue weighted by molar-refractivity contribution is 5.76. The van der Waals surface area contributed by atoms with Crippen molar-refractivity contribution >= 4 is 5.91 Å². The van der Waals surface area contributed by atoms with Crippen LogP contribution in [0.15, 0.2) is 30.3 Å². The number of nitrogens with zero attached hydrogens (tertiary/aromatic N) is 2. The van der Waals surface area contributed by atoms with Crippen LogP contribution < -0.4 is 5.32 Å². The fourth-order valence-corrected chi connectivity index (χ4v) is 3.01. The van der Waals surface area contributed by atoms with Crippen molar-refractivity contribution in [2.45, 2.75) is 39.0 Å². The first-order valence-corrected chi connectivity index (χ1v) is 8.44. The molecule has 1 amide bonds. The van der Waals surface area contributed by atoms with Gasteiger partial charge in [0.25, 0.3) is 0 Å². The molecule has 0 spiro atoms. The number of aliphatic hydroxyl groups excluding tert-OH is 1. The Balaban J connectivity index is 1.87. The summed E-state index contributed by atoms with van der Waals surface area (Å²) in [6.07, 6.45) is 1.80. The molecule has 0 aliphatic rings. The topological polar surface area (TPSA) is 67.2 Å². The first kappa shape index (κ1) is 18.2. The first-order valence-electron chi connectivity index (χ1n) is 8.44. The molecule has 2 aromatic rings. The smallest absolute Gasteiger partial charge is 0.220 e. The van der Waals surface area contributed by atoms with Crippen molar-refractivity contribution in [3.8, 4) is 0 Å². The highest BCUT2D eigenvalue weighted by atomic mass is 16.3. The molecule has 130 valence electrons. The van der Waals surface area contributed by atoms with Gasteiger partial charge in [-0.3, -0.25) is 9.48 Å². The van der Waals surface area contributed by atoms with Crippen molar-refractivity contribution in [3.63, 3.8) is 0 Å². The van der Waals surface area contributed by atoms with Crippen molar-refractivity contribution in [3.05, 3.63) is 52.8 Å². The maximum Gasteiger partial charge on any atom is 0.220 e. The summed E-state index contributed by atoms with van der Waals surface area (Å²) in [5.74, 6) is 0.179. The molecule has 1 unspecified atom stereocenters. The van der Waals surface area contributed by atoms with E-state index >= 15 is 0 Å². The van der Waals surface area contributed by atoms with Gasteiger partial charge >= 0.3 is 0 Å². The monoisotopic (exact) mass is 329 g/mol. The number of aromatic nitrogens is 2. The number of nitrogens with one attached hydrogen (secondary N) is 1. The Hall–Kier alpha value is -2.14. The highest BCUT2D eigenvalue weighted by Crippen LogP contribution is 2.18. The zero-order valence-corrected chi connectivity index (χ0v) is 14.7. The summed E-state index contributed by atoms with van der Waals surface area (Å²) >= 11 is 0. The minimum atomic E-state index is 0.0384. The molecule has 1 heterocycles. The first-order chi connectivity index (χ1) is 11.5.